The van der Waals surface area contributed by atoms with Gasteiger partial charge in [-0.1, -0.05) is 6.07 Å². The highest BCUT2D eigenvalue weighted by molar-refractivity contribution is 7.92. The zero-order chi connectivity index (χ0) is 13.0. The molecule has 2 aromatic heterocycles. The maximum atomic E-state index is 11.7. The first-order valence-corrected chi connectivity index (χ1v) is 6.93. The second-order valence-electron chi connectivity index (χ2n) is 2.95. The van der Waals surface area contributed by atoms with E-state index in [4.69, 9.17) is 0 Å². The molecule has 0 aliphatic carbocycles. The van der Waals surface area contributed by atoms with Gasteiger partial charge in [0, 0.05) is 0 Å². The number of nitrogens with one attached hydrogen (secondary N) is 2. The third kappa shape index (κ3) is 2.99. The monoisotopic (exact) mass is 285 g/mol. The fourth-order valence-corrected chi connectivity index (χ4v) is 2.92. The van der Waals surface area contributed by atoms with E-state index in [0.29, 0.717) is 0 Å². The molecule has 8 nitrogen and oxygen atoms in total. The van der Waals surface area contributed by atoms with Gasteiger partial charge in [-0.3, -0.25) is 5.32 Å². The van der Waals surface area contributed by atoms with E-state index < -0.39 is 16.1 Å². The number of aromatic nitrogens is 3. The smallest absolute Gasteiger partial charge is 0.275 e. The molecule has 2 heterocycles. The molecule has 0 unspecified atom stereocenters. The Morgan fingerprint density at radius 3 is 2.61 bits per heavy atom. The average molecular weight is 285 g/mol. The van der Waals surface area contributed by atoms with E-state index in [2.05, 4.69) is 20.3 Å². The molecule has 2 N–H and O–H groups in total. The summed E-state index contributed by atoms with van der Waals surface area (Å²) in [5.74, 6) is -0.0381. The zero-order valence-corrected chi connectivity index (χ0v) is 10.4. The highest BCUT2D eigenvalue weighted by Crippen LogP contribution is 2.15. The van der Waals surface area contributed by atoms with Crippen molar-refractivity contribution in [2.24, 2.45) is 0 Å². The van der Waals surface area contributed by atoms with Crippen molar-refractivity contribution in [3.05, 3.63) is 30.2 Å². The zero-order valence-electron chi connectivity index (χ0n) is 8.77. The van der Waals surface area contributed by atoms with Gasteiger partial charge in [-0.15, -0.1) is 11.3 Å². The summed E-state index contributed by atoms with van der Waals surface area (Å²) in [4.78, 5) is 22.2. The van der Waals surface area contributed by atoms with Crippen molar-refractivity contribution >= 4 is 33.3 Å². The van der Waals surface area contributed by atoms with Crippen LogP contribution in [-0.2, 0) is 10.0 Å². The Labute approximate surface area is 106 Å². The number of sulfonamides is 1. The van der Waals surface area contributed by atoms with Crippen LogP contribution in [-0.4, -0.2) is 29.4 Å². The van der Waals surface area contributed by atoms with E-state index in [1.165, 1.54) is 18.7 Å². The molecular formula is C8H7N5O3S2. The fraction of sp³-hybridized carbons (Fsp3) is 0. The van der Waals surface area contributed by atoms with E-state index >= 15 is 0 Å². The molecular weight excluding hydrogens is 278 g/mol. The third-order valence-corrected chi connectivity index (χ3v) is 4.43. The minimum Gasteiger partial charge on any atom is -0.275 e. The van der Waals surface area contributed by atoms with Gasteiger partial charge >= 0.3 is 6.03 Å². The first kappa shape index (κ1) is 12.4. The van der Waals surface area contributed by atoms with Gasteiger partial charge in [0.2, 0.25) is 5.95 Å². The van der Waals surface area contributed by atoms with E-state index in [0.717, 1.165) is 11.3 Å². The lowest BCUT2D eigenvalue weighted by Gasteiger charge is -2.05. The Kier molecular flexibility index (Phi) is 3.48. The molecule has 0 aromatic carbocycles. The lowest BCUT2D eigenvalue weighted by molar-refractivity contribution is 0.256. The number of anilines is 1. The quantitative estimate of drug-likeness (QED) is 0.846. The largest absolute Gasteiger partial charge is 0.335 e. The minimum absolute atomic E-state index is 0.0381. The van der Waals surface area contributed by atoms with Gasteiger partial charge in [0.05, 0.1) is 0 Å². The number of urea groups is 1. The Morgan fingerprint density at radius 1 is 1.28 bits per heavy atom. The summed E-state index contributed by atoms with van der Waals surface area (Å²) >= 11 is 1.01. The molecule has 10 heteroatoms. The molecule has 18 heavy (non-hydrogen) atoms. The number of rotatable bonds is 3. The number of nitrogens with zero attached hydrogens (tertiary/aromatic N) is 3. The molecule has 2 aromatic rings. The van der Waals surface area contributed by atoms with Gasteiger partial charge in [0.15, 0.2) is 0 Å². The maximum Gasteiger partial charge on any atom is 0.335 e. The number of carbonyl (C=O) groups excluding carboxylic acids is 1. The van der Waals surface area contributed by atoms with Crippen LogP contribution in [0.4, 0.5) is 10.7 Å². The Morgan fingerprint density at radius 2 is 2.00 bits per heavy atom. The van der Waals surface area contributed by atoms with E-state index in [-0.39, 0.29) is 10.2 Å². The van der Waals surface area contributed by atoms with Crippen LogP contribution in [0.3, 0.4) is 0 Å². The van der Waals surface area contributed by atoms with Gasteiger partial charge in [-0.05, 0) is 11.4 Å². The highest BCUT2D eigenvalue weighted by atomic mass is 32.2. The first-order chi connectivity index (χ1) is 8.58. The minimum atomic E-state index is -3.85. The Balaban J connectivity index is 2.05. The summed E-state index contributed by atoms with van der Waals surface area (Å²) in [6, 6.07) is 2.03. The van der Waals surface area contributed by atoms with Crippen molar-refractivity contribution in [3.8, 4) is 0 Å². The van der Waals surface area contributed by atoms with E-state index in [9.17, 15) is 13.2 Å². The number of hydrogen-bond donors (Lipinski definition) is 2. The molecule has 2 rings (SSSR count). The molecule has 0 spiro atoms. The third-order valence-electron chi connectivity index (χ3n) is 1.71. The van der Waals surface area contributed by atoms with Gasteiger partial charge < -0.3 is 0 Å². The molecule has 0 aliphatic heterocycles. The molecule has 0 saturated heterocycles. The van der Waals surface area contributed by atoms with Gasteiger partial charge in [0.1, 0.15) is 16.9 Å². The molecule has 0 bridgehead atoms. The Bertz CT molecular complexity index is 626. The van der Waals surface area contributed by atoms with Crippen LogP contribution in [0.5, 0.6) is 0 Å². The summed E-state index contributed by atoms with van der Waals surface area (Å²) in [5, 5.41) is 3.77. The van der Waals surface area contributed by atoms with Gasteiger partial charge in [0.25, 0.3) is 10.0 Å². The van der Waals surface area contributed by atoms with Crippen molar-refractivity contribution < 1.29 is 13.2 Å². The van der Waals surface area contributed by atoms with E-state index in [1.54, 1.807) is 11.4 Å². The molecule has 0 aliphatic rings. The number of carbonyl (C=O) groups is 1. The predicted molar refractivity (Wildman–Crippen MR) is 63.5 cm³/mol. The van der Waals surface area contributed by atoms with Crippen LogP contribution in [0.2, 0.25) is 0 Å². The molecule has 0 radical (unpaired) electrons. The van der Waals surface area contributed by atoms with Crippen molar-refractivity contribution in [2.75, 3.05) is 5.32 Å². The SMILES string of the molecule is O=C(Nc1ncncn1)NS(=O)(=O)c1cccs1. The summed E-state index contributed by atoms with van der Waals surface area (Å²) < 4.78 is 25.2. The van der Waals surface area contributed by atoms with Crippen molar-refractivity contribution in [1.82, 2.24) is 19.7 Å². The maximum absolute atomic E-state index is 11.7. The topological polar surface area (TPSA) is 114 Å². The second-order valence-corrected chi connectivity index (χ2v) is 5.81. The molecule has 2 amide bonds. The fourth-order valence-electron chi connectivity index (χ4n) is 1.02. The number of thiophene rings is 1. The Hall–Kier alpha value is -2.07. The summed E-state index contributed by atoms with van der Waals surface area (Å²) in [7, 11) is -3.85. The lowest BCUT2D eigenvalue weighted by atomic mass is 10.7. The number of hydrogen-bond acceptors (Lipinski definition) is 7. The molecule has 0 fully saturated rings. The van der Waals surface area contributed by atoms with Crippen LogP contribution in [0.1, 0.15) is 0 Å². The molecule has 94 valence electrons. The number of amides is 2. The predicted octanol–water partition coefficient (Wildman–Crippen LogP) is 0.443. The molecule has 0 saturated carbocycles. The van der Waals surface area contributed by atoms with Crippen molar-refractivity contribution in [2.45, 2.75) is 4.21 Å². The van der Waals surface area contributed by atoms with Crippen molar-refractivity contribution in [1.29, 1.82) is 0 Å². The molecule has 0 atom stereocenters. The summed E-state index contributed by atoms with van der Waals surface area (Å²) in [5.41, 5.74) is 0. The van der Waals surface area contributed by atoms with Crippen molar-refractivity contribution in [3.63, 3.8) is 0 Å². The summed E-state index contributed by atoms with van der Waals surface area (Å²) in [6.07, 6.45) is 2.35. The van der Waals surface area contributed by atoms with Crippen LogP contribution < -0.4 is 10.0 Å². The van der Waals surface area contributed by atoms with E-state index in [1.807, 2.05) is 4.72 Å². The standard InChI is InChI=1S/C8H7N5O3S2/c14-8(12-7-10-4-9-5-11-7)13-18(15,16)6-2-1-3-17-6/h1-5H,(H2,9,10,11,12,13,14). The lowest BCUT2D eigenvalue weighted by Crippen LogP contribution is -2.34. The van der Waals surface area contributed by atoms with Crippen LogP contribution >= 0.6 is 11.3 Å². The average Bonchev–Trinajstić information content (AvgIpc) is 2.83. The first-order valence-electron chi connectivity index (χ1n) is 4.57. The van der Waals surface area contributed by atoms with Gasteiger partial charge in [-0.2, -0.15) is 0 Å². The summed E-state index contributed by atoms with van der Waals surface area (Å²) in [6.45, 7) is 0. The normalized spacial score (nSPS) is 10.9. The van der Waals surface area contributed by atoms with Crippen LogP contribution in [0.25, 0.3) is 0 Å². The second kappa shape index (κ2) is 5.06. The highest BCUT2D eigenvalue weighted by Gasteiger charge is 2.18. The van der Waals surface area contributed by atoms with Gasteiger partial charge in [-0.25, -0.2) is 32.9 Å². The van der Waals surface area contributed by atoms with Crippen LogP contribution in [0, 0.1) is 0 Å². The van der Waals surface area contributed by atoms with Crippen LogP contribution in [0.15, 0.2) is 34.4 Å².